The van der Waals surface area contributed by atoms with Crippen LogP contribution in [0.3, 0.4) is 0 Å². The van der Waals surface area contributed by atoms with Crippen molar-refractivity contribution in [1.82, 2.24) is 4.98 Å². The topological polar surface area (TPSA) is 39.2 Å². The van der Waals surface area contributed by atoms with Crippen molar-refractivity contribution in [2.45, 2.75) is 26.2 Å². The van der Waals surface area contributed by atoms with Crippen molar-refractivity contribution < 1.29 is 44.7 Å². The zero-order chi connectivity index (χ0) is 27.7. The lowest BCUT2D eigenvalue weighted by Crippen LogP contribution is -2.24. The zero-order valence-electron chi connectivity index (χ0n) is 19.5. The van der Waals surface area contributed by atoms with Gasteiger partial charge in [0.15, 0.2) is 5.57 Å². The number of hydrogen-bond acceptors (Lipinski definition) is 3. The number of nitrogens with zero attached hydrogens (tertiary/aromatic N) is 1. The number of alkyl halides is 6. The van der Waals surface area contributed by atoms with E-state index < -0.39 is 46.7 Å². The van der Waals surface area contributed by atoms with Gasteiger partial charge in [-0.05, 0) is 72.5 Å². The lowest BCUT2D eigenvalue weighted by atomic mass is 9.97. The van der Waals surface area contributed by atoms with Gasteiger partial charge in [-0.15, -0.1) is 0 Å². The van der Waals surface area contributed by atoms with Gasteiger partial charge in [0.25, 0.3) is 0 Å². The molecular weight excluding hydrogens is 522 g/mol. The summed E-state index contributed by atoms with van der Waals surface area (Å²) in [6.07, 6.45) is -10.1. The highest BCUT2D eigenvalue weighted by atomic mass is 19.4. The van der Waals surface area contributed by atoms with Crippen molar-refractivity contribution >= 4 is 17.1 Å². The molecule has 1 heterocycles. The number of ether oxygens (including phenoxy) is 1. The summed E-state index contributed by atoms with van der Waals surface area (Å²) in [4.78, 5) is 16.8. The number of carbonyl (C=O) groups is 1. The molecule has 2 aromatic carbocycles. The standard InChI is InChI=1S/C27H15F8NO2/c1-3-38-25(37)22(27(33,34)35)21-16-8-12(28)4-6-14(16)18-10-19-20(11(2)26(30,31)32)17-9-13(29)5-7-15(17)23(19)36-24(18)21/h4-10H,3H2,1-2H3/b20-11+,22-21-. The van der Waals surface area contributed by atoms with Crippen LogP contribution in [0.2, 0.25) is 0 Å². The maximum absolute atomic E-state index is 14.2. The summed E-state index contributed by atoms with van der Waals surface area (Å²) < 4.78 is 117. The molecule has 0 saturated heterocycles. The van der Waals surface area contributed by atoms with Crippen LogP contribution >= 0.6 is 0 Å². The minimum atomic E-state index is -5.24. The van der Waals surface area contributed by atoms with E-state index in [-0.39, 0.29) is 56.9 Å². The molecule has 1 aromatic heterocycles. The Balaban J connectivity index is 1.93. The minimum Gasteiger partial charge on any atom is -0.462 e. The Kier molecular flexibility index (Phi) is 5.73. The summed E-state index contributed by atoms with van der Waals surface area (Å²) in [7, 11) is 0. The Hall–Kier alpha value is -4.02. The molecule has 3 aromatic rings. The van der Waals surface area contributed by atoms with Crippen LogP contribution in [0.15, 0.2) is 53.6 Å². The molecule has 2 aliphatic rings. The van der Waals surface area contributed by atoms with E-state index in [1.54, 1.807) is 0 Å². The van der Waals surface area contributed by atoms with E-state index in [0.717, 1.165) is 37.3 Å². The Labute approximate surface area is 210 Å². The Morgan fingerprint density at radius 1 is 0.737 bits per heavy atom. The summed E-state index contributed by atoms with van der Waals surface area (Å²) in [6, 6.07) is 7.20. The molecule has 0 amide bonds. The predicted octanol–water partition coefficient (Wildman–Crippen LogP) is 7.63. The van der Waals surface area contributed by atoms with E-state index in [4.69, 9.17) is 0 Å². The Morgan fingerprint density at radius 2 is 1.32 bits per heavy atom. The van der Waals surface area contributed by atoms with Gasteiger partial charge in [-0.2, -0.15) is 26.3 Å². The predicted molar refractivity (Wildman–Crippen MR) is 121 cm³/mol. The molecule has 0 unspecified atom stereocenters. The Morgan fingerprint density at radius 3 is 1.87 bits per heavy atom. The van der Waals surface area contributed by atoms with Gasteiger partial charge < -0.3 is 4.74 Å². The number of halogens is 8. The SMILES string of the molecule is CCOC(=O)/C(=C1\c2cc(F)ccc2-c2cc3c(nc21)-c1ccc(F)cc1/C3=C(/C)C(F)(F)F)C(F)(F)F. The molecular formula is C27H15F8NO2. The van der Waals surface area contributed by atoms with Crippen molar-refractivity contribution in [3.63, 3.8) is 0 Å². The van der Waals surface area contributed by atoms with Crippen LogP contribution in [0.4, 0.5) is 35.1 Å². The normalized spacial score (nSPS) is 16.5. The van der Waals surface area contributed by atoms with Gasteiger partial charge in [0.1, 0.15) is 11.6 Å². The highest BCUT2D eigenvalue weighted by molar-refractivity contribution is 6.12. The fourth-order valence-corrected chi connectivity index (χ4v) is 4.83. The van der Waals surface area contributed by atoms with Crippen LogP contribution < -0.4 is 0 Å². The van der Waals surface area contributed by atoms with Crippen LogP contribution in [0.1, 0.15) is 36.2 Å². The molecule has 3 nitrogen and oxygen atoms in total. The van der Waals surface area contributed by atoms with Gasteiger partial charge in [0.05, 0.1) is 18.0 Å². The largest absolute Gasteiger partial charge is 0.462 e. The van der Waals surface area contributed by atoms with E-state index in [1.165, 1.54) is 19.1 Å². The van der Waals surface area contributed by atoms with Crippen LogP contribution in [0.25, 0.3) is 33.5 Å². The summed E-state index contributed by atoms with van der Waals surface area (Å²) >= 11 is 0. The van der Waals surface area contributed by atoms with Crippen molar-refractivity contribution in [3.05, 3.63) is 87.6 Å². The first kappa shape index (κ1) is 25.6. The van der Waals surface area contributed by atoms with Crippen LogP contribution in [-0.2, 0) is 9.53 Å². The van der Waals surface area contributed by atoms with Crippen LogP contribution in [-0.4, -0.2) is 29.9 Å². The third-order valence-corrected chi connectivity index (χ3v) is 6.39. The fraction of sp³-hybridized carbons (Fsp3) is 0.185. The first-order chi connectivity index (χ1) is 17.7. The smallest absolute Gasteiger partial charge is 0.424 e. The first-order valence-corrected chi connectivity index (χ1v) is 11.2. The van der Waals surface area contributed by atoms with Gasteiger partial charge in [0.2, 0.25) is 0 Å². The highest BCUT2D eigenvalue weighted by Crippen LogP contribution is 2.54. The van der Waals surface area contributed by atoms with Crippen LogP contribution in [0, 0.1) is 11.6 Å². The number of carbonyl (C=O) groups excluding carboxylic acids is 1. The van der Waals surface area contributed by atoms with Gasteiger partial charge in [-0.3, -0.25) is 0 Å². The molecule has 11 heteroatoms. The molecule has 0 saturated carbocycles. The maximum atomic E-state index is 14.2. The average Bonchev–Trinajstić information content (AvgIpc) is 3.27. The summed E-state index contributed by atoms with van der Waals surface area (Å²) in [6.45, 7) is 1.74. The third-order valence-electron chi connectivity index (χ3n) is 6.39. The first-order valence-electron chi connectivity index (χ1n) is 11.2. The lowest BCUT2D eigenvalue weighted by Gasteiger charge is -2.15. The zero-order valence-corrected chi connectivity index (χ0v) is 19.5. The fourth-order valence-electron chi connectivity index (χ4n) is 4.83. The number of esters is 1. The van der Waals surface area contributed by atoms with Gasteiger partial charge in [-0.1, -0.05) is 6.07 Å². The number of fused-ring (bicyclic) bond motifs is 6. The van der Waals surface area contributed by atoms with E-state index in [9.17, 15) is 39.9 Å². The molecule has 0 aliphatic heterocycles. The Bertz CT molecular complexity index is 1600. The molecule has 5 rings (SSSR count). The molecule has 38 heavy (non-hydrogen) atoms. The van der Waals surface area contributed by atoms with E-state index in [1.807, 2.05) is 0 Å². The van der Waals surface area contributed by atoms with Gasteiger partial charge in [-0.25, -0.2) is 18.6 Å². The molecule has 0 bridgehead atoms. The number of benzene rings is 2. The van der Waals surface area contributed by atoms with E-state index in [2.05, 4.69) is 9.72 Å². The molecule has 0 radical (unpaired) electrons. The molecule has 0 fully saturated rings. The van der Waals surface area contributed by atoms with Crippen molar-refractivity contribution in [2.24, 2.45) is 0 Å². The number of pyridine rings is 1. The van der Waals surface area contributed by atoms with Gasteiger partial charge in [0, 0.05) is 27.8 Å². The maximum Gasteiger partial charge on any atom is 0.424 e. The highest BCUT2D eigenvalue weighted by Gasteiger charge is 2.47. The van der Waals surface area contributed by atoms with Crippen molar-refractivity contribution in [2.75, 3.05) is 6.61 Å². The van der Waals surface area contributed by atoms with Crippen molar-refractivity contribution in [1.29, 1.82) is 0 Å². The third kappa shape index (κ3) is 3.88. The van der Waals surface area contributed by atoms with Crippen molar-refractivity contribution in [3.8, 4) is 22.4 Å². The van der Waals surface area contributed by atoms with E-state index >= 15 is 0 Å². The summed E-state index contributed by atoms with van der Waals surface area (Å²) in [5.74, 6) is -3.43. The van der Waals surface area contributed by atoms with Gasteiger partial charge >= 0.3 is 18.3 Å². The molecule has 0 atom stereocenters. The number of rotatable bonds is 2. The second-order valence-corrected chi connectivity index (χ2v) is 8.63. The minimum absolute atomic E-state index is 0.0314. The van der Waals surface area contributed by atoms with Crippen LogP contribution in [0.5, 0.6) is 0 Å². The lowest BCUT2D eigenvalue weighted by molar-refractivity contribution is -0.150. The summed E-state index contributed by atoms with van der Waals surface area (Å²) in [5, 5.41) is 0. The van der Waals surface area contributed by atoms with E-state index in [0.29, 0.717) is 0 Å². The quantitative estimate of drug-likeness (QED) is 0.132. The molecule has 0 spiro atoms. The number of allylic oxidation sites excluding steroid dienone is 1. The average molecular weight is 537 g/mol. The molecule has 0 N–H and O–H groups in total. The molecule has 2 aliphatic carbocycles. The number of aromatic nitrogens is 1. The second kappa shape index (κ2) is 8.50. The summed E-state index contributed by atoms with van der Waals surface area (Å²) in [5.41, 5.74) is -4.89. The monoisotopic (exact) mass is 537 g/mol. The molecule has 196 valence electrons. The second-order valence-electron chi connectivity index (χ2n) is 8.63. The number of hydrogen-bond donors (Lipinski definition) is 0.